The zero-order chi connectivity index (χ0) is 34.3. The van der Waals surface area contributed by atoms with Gasteiger partial charge in [-0.05, 0) is 86.3 Å². The fraction of sp³-hybridized carbons (Fsp3) is 0.667. The number of carbonyl (C=O) groups excluding carboxylic acids is 4. The number of aryl methyl sites for hydroxylation is 1. The molecule has 0 fully saturated rings. The third kappa shape index (κ3) is 9.76. The summed E-state index contributed by atoms with van der Waals surface area (Å²) in [5, 5.41) is 0. The first-order valence-corrected chi connectivity index (χ1v) is 17.1. The number of carbonyl (C=O) groups is 4. The second-order valence-corrected chi connectivity index (χ2v) is 13.6. The summed E-state index contributed by atoms with van der Waals surface area (Å²) >= 11 is 0. The number of ether oxygens (including phenoxy) is 4. The van der Waals surface area contributed by atoms with Gasteiger partial charge in [-0.1, -0.05) is 35.4 Å². The van der Waals surface area contributed by atoms with Crippen molar-refractivity contribution >= 4 is 33.7 Å². The molecule has 0 spiro atoms. The predicted molar refractivity (Wildman–Crippen MR) is 169 cm³/mol. The molecule has 1 aromatic rings. The van der Waals surface area contributed by atoms with E-state index in [9.17, 15) is 27.6 Å². The summed E-state index contributed by atoms with van der Waals surface area (Å²) < 4.78 is 48.7. The van der Waals surface area contributed by atoms with Crippen LogP contribution in [0.2, 0.25) is 0 Å². The fourth-order valence-corrected chi connectivity index (χ4v) is 6.92. The SMILES string of the molecule is C#[N+]C(CCCCC(C)(C(=O)OCC)C(=O)OCC)(CCCCC(C)(C(=O)OCC)C(=O)OCC)S(=O)(=O)c1ccc(C)cc1. The highest BCUT2D eigenvalue weighted by Gasteiger charge is 2.54. The van der Waals surface area contributed by atoms with E-state index in [0.717, 1.165) is 5.56 Å². The van der Waals surface area contributed by atoms with Gasteiger partial charge < -0.3 is 18.9 Å². The van der Waals surface area contributed by atoms with Crippen LogP contribution in [0.3, 0.4) is 0 Å². The first-order valence-electron chi connectivity index (χ1n) is 15.6. The van der Waals surface area contributed by atoms with Crippen molar-refractivity contribution in [3.63, 3.8) is 0 Å². The van der Waals surface area contributed by atoms with Crippen molar-refractivity contribution in [1.29, 1.82) is 0 Å². The average molecular weight is 653 g/mol. The van der Waals surface area contributed by atoms with Gasteiger partial charge in [0.05, 0.1) is 31.3 Å². The molecule has 12 heteroatoms. The van der Waals surface area contributed by atoms with E-state index >= 15 is 0 Å². The highest BCUT2D eigenvalue weighted by molar-refractivity contribution is 7.93. The highest BCUT2D eigenvalue weighted by Crippen LogP contribution is 2.39. The Morgan fingerprint density at radius 3 is 1.24 bits per heavy atom. The van der Waals surface area contributed by atoms with Crippen molar-refractivity contribution in [2.75, 3.05) is 26.4 Å². The molecule has 252 valence electrons. The van der Waals surface area contributed by atoms with Gasteiger partial charge in [-0.2, -0.15) is 0 Å². The Balaban J connectivity index is 3.29. The number of nitrogens with zero attached hydrogens (tertiary/aromatic N) is 1. The van der Waals surface area contributed by atoms with Gasteiger partial charge in [-0.15, -0.1) is 0 Å². The van der Waals surface area contributed by atoms with Crippen molar-refractivity contribution in [3.8, 4) is 6.57 Å². The van der Waals surface area contributed by atoms with E-state index in [1.54, 1.807) is 39.8 Å². The molecule has 1 aromatic carbocycles. The monoisotopic (exact) mass is 652 g/mol. The molecule has 0 radical (unpaired) electrons. The maximum absolute atomic E-state index is 14.1. The quantitative estimate of drug-likeness (QED) is 0.0732. The van der Waals surface area contributed by atoms with Crippen LogP contribution in [0.25, 0.3) is 4.85 Å². The van der Waals surface area contributed by atoms with Crippen molar-refractivity contribution in [2.24, 2.45) is 10.8 Å². The molecule has 0 saturated heterocycles. The summed E-state index contributed by atoms with van der Waals surface area (Å²) in [5.74, 6) is -2.85. The van der Waals surface area contributed by atoms with Crippen LogP contribution in [-0.2, 0) is 48.0 Å². The molecule has 11 nitrogen and oxygen atoms in total. The van der Waals surface area contributed by atoms with Gasteiger partial charge >= 0.3 is 28.7 Å². The number of unbranched alkanes of at least 4 members (excludes halogenated alkanes) is 2. The van der Waals surface area contributed by atoms with Gasteiger partial charge in [0.25, 0.3) is 16.4 Å². The van der Waals surface area contributed by atoms with E-state index in [2.05, 4.69) is 4.85 Å². The average Bonchev–Trinajstić information content (AvgIpc) is 3.00. The second kappa shape index (κ2) is 17.9. The van der Waals surface area contributed by atoms with E-state index in [-0.39, 0.29) is 82.7 Å². The van der Waals surface area contributed by atoms with E-state index in [0.29, 0.717) is 0 Å². The largest absolute Gasteiger partial charge is 0.465 e. The Morgan fingerprint density at radius 1 is 0.644 bits per heavy atom. The molecule has 0 aliphatic carbocycles. The second-order valence-electron chi connectivity index (χ2n) is 11.4. The van der Waals surface area contributed by atoms with Gasteiger partial charge in [-0.25, -0.2) is 8.42 Å². The third-order valence-electron chi connectivity index (χ3n) is 7.96. The van der Waals surface area contributed by atoms with Crippen molar-refractivity contribution in [2.45, 2.75) is 110 Å². The summed E-state index contributed by atoms with van der Waals surface area (Å²) in [6.07, 6.45) is 1.17. The molecular formula is C33H50NO10S+. The minimum absolute atomic E-state index is 0.00549. The van der Waals surface area contributed by atoms with Gasteiger partial charge in [0.1, 0.15) is 0 Å². The minimum Gasteiger partial charge on any atom is -0.465 e. The van der Waals surface area contributed by atoms with Crippen LogP contribution in [0.4, 0.5) is 0 Å². The molecule has 0 amide bonds. The molecule has 0 aromatic heterocycles. The molecule has 0 saturated carbocycles. The maximum Gasteiger partial charge on any atom is 0.381 e. The summed E-state index contributed by atoms with van der Waals surface area (Å²) in [4.78, 5) is 53.1. The molecule has 1 rings (SSSR count). The maximum atomic E-state index is 14.1. The van der Waals surface area contributed by atoms with E-state index in [1.165, 1.54) is 26.0 Å². The first-order chi connectivity index (χ1) is 21.1. The molecule has 0 atom stereocenters. The van der Waals surface area contributed by atoms with Gasteiger partial charge in [0.15, 0.2) is 10.8 Å². The van der Waals surface area contributed by atoms with E-state index in [4.69, 9.17) is 25.5 Å². The lowest BCUT2D eigenvalue weighted by Gasteiger charge is -2.26. The van der Waals surface area contributed by atoms with Crippen LogP contribution in [0.15, 0.2) is 29.2 Å². The Morgan fingerprint density at radius 2 is 0.956 bits per heavy atom. The molecule has 0 unspecified atom stereocenters. The Bertz CT molecular complexity index is 1210. The summed E-state index contributed by atoms with van der Waals surface area (Å²) in [5.41, 5.74) is -2.25. The summed E-state index contributed by atoms with van der Waals surface area (Å²) in [6, 6.07) is 6.37. The van der Waals surface area contributed by atoms with E-state index in [1.807, 2.05) is 6.92 Å². The summed E-state index contributed by atoms with van der Waals surface area (Å²) in [7, 11) is -4.12. The smallest absolute Gasteiger partial charge is 0.381 e. The third-order valence-corrected chi connectivity index (χ3v) is 10.4. The van der Waals surface area contributed by atoms with Crippen LogP contribution in [0.1, 0.15) is 98.5 Å². The fourth-order valence-electron chi connectivity index (χ4n) is 5.02. The van der Waals surface area contributed by atoms with Crippen LogP contribution in [0.5, 0.6) is 0 Å². The highest BCUT2D eigenvalue weighted by atomic mass is 32.2. The molecule has 0 bridgehead atoms. The Labute approximate surface area is 268 Å². The lowest BCUT2D eigenvalue weighted by molar-refractivity contribution is -0.173. The number of rotatable bonds is 20. The van der Waals surface area contributed by atoms with E-state index < -0.39 is 49.4 Å². The van der Waals surface area contributed by atoms with Crippen LogP contribution in [-0.4, -0.2) is 63.6 Å². The van der Waals surface area contributed by atoms with Crippen LogP contribution >= 0.6 is 0 Å². The van der Waals surface area contributed by atoms with Crippen LogP contribution in [0, 0.1) is 24.3 Å². The van der Waals surface area contributed by atoms with Gasteiger partial charge in [-0.3, -0.25) is 19.2 Å². The predicted octanol–water partition coefficient (Wildman–Crippen LogP) is 5.81. The lowest BCUT2D eigenvalue weighted by atomic mass is 9.83. The molecule has 45 heavy (non-hydrogen) atoms. The molecule has 0 N–H and O–H groups in total. The number of sulfone groups is 1. The number of esters is 4. The molecular weight excluding hydrogens is 602 g/mol. The summed E-state index contributed by atoms with van der Waals surface area (Å²) in [6.45, 7) is 17.5. The van der Waals surface area contributed by atoms with Crippen molar-refractivity contribution in [1.82, 2.24) is 0 Å². The van der Waals surface area contributed by atoms with Crippen molar-refractivity contribution in [3.05, 3.63) is 34.7 Å². The molecule has 0 aliphatic rings. The normalized spacial score (nSPS) is 12.1. The topological polar surface area (TPSA) is 144 Å². The zero-order valence-corrected chi connectivity index (χ0v) is 28.6. The minimum atomic E-state index is -4.12. The molecule has 0 heterocycles. The Kier molecular flexibility index (Phi) is 15.7. The lowest BCUT2D eigenvalue weighted by Crippen LogP contribution is -2.40. The number of benzene rings is 1. The van der Waals surface area contributed by atoms with Gasteiger partial charge in [0.2, 0.25) is 0 Å². The first kappa shape index (κ1) is 39.6. The number of hydrogen-bond donors (Lipinski definition) is 0. The number of hydrogen-bond acceptors (Lipinski definition) is 10. The van der Waals surface area contributed by atoms with Crippen LogP contribution < -0.4 is 0 Å². The zero-order valence-electron chi connectivity index (χ0n) is 27.8. The Hall–Kier alpha value is -3.46. The van der Waals surface area contributed by atoms with Gasteiger partial charge in [0, 0.05) is 12.8 Å². The standard InChI is InChI=1S/C33H50NO10S/c1-9-41-27(35)31(6,28(36)42-10-2)21-13-15-23-33(34-8,45(39,40)26-19-17-25(5)18-20-26)24-16-14-22-32(7,29(37)43-11-3)30(38)44-12-4/h8,17-20H,9-16,21-24H2,1-7H3/q+1. The molecule has 0 aliphatic heterocycles. The van der Waals surface area contributed by atoms with Crippen molar-refractivity contribution < 1.29 is 46.5 Å².